The summed E-state index contributed by atoms with van der Waals surface area (Å²) in [5.41, 5.74) is 1.03. The Bertz CT molecular complexity index is 444. The molecule has 0 amide bonds. The van der Waals surface area contributed by atoms with Crippen LogP contribution in [0.2, 0.25) is 0 Å². The molecule has 2 rings (SSSR count). The van der Waals surface area contributed by atoms with E-state index in [2.05, 4.69) is 44.8 Å². The maximum absolute atomic E-state index is 4.18. The predicted molar refractivity (Wildman–Crippen MR) is 60.6 cm³/mol. The third kappa shape index (κ3) is 1.43. The molecule has 14 heavy (non-hydrogen) atoms. The smallest absolute Gasteiger partial charge is 0.168 e. The van der Waals surface area contributed by atoms with Crippen molar-refractivity contribution in [2.75, 3.05) is 0 Å². The van der Waals surface area contributed by atoms with Crippen molar-refractivity contribution in [1.29, 1.82) is 0 Å². The Kier molecular flexibility index (Phi) is 2.53. The van der Waals surface area contributed by atoms with E-state index in [1.165, 1.54) is 0 Å². The van der Waals surface area contributed by atoms with Crippen molar-refractivity contribution in [1.82, 2.24) is 24.5 Å². The van der Waals surface area contributed by atoms with Gasteiger partial charge in [0.2, 0.25) is 0 Å². The molecule has 2 heterocycles. The molecule has 2 aromatic rings. The Balaban J connectivity index is 2.54. The van der Waals surface area contributed by atoms with Gasteiger partial charge in [-0.05, 0) is 29.5 Å². The SMILES string of the molecule is CCn1cnnc1-c1cnn(C)c1I. The lowest BCUT2D eigenvalue weighted by Crippen LogP contribution is -1.98. The fraction of sp³-hybridized carbons (Fsp3) is 0.375. The lowest BCUT2D eigenvalue weighted by molar-refractivity contribution is 0.745. The first kappa shape index (κ1) is 9.63. The number of aromatic nitrogens is 5. The summed E-state index contributed by atoms with van der Waals surface area (Å²) in [6, 6.07) is 0. The third-order valence-corrected chi connectivity index (χ3v) is 3.34. The van der Waals surface area contributed by atoms with Gasteiger partial charge < -0.3 is 4.57 Å². The minimum atomic E-state index is 0.868. The minimum Gasteiger partial charge on any atom is -0.314 e. The third-order valence-electron chi connectivity index (χ3n) is 2.06. The minimum absolute atomic E-state index is 0.868. The molecular formula is C8H10IN5. The predicted octanol–water partition coefficient (Wildman–Crippen LogP) is 1.30. The van der Waals surface area contributed by atoms with Crippen LogP contribution in [-0.4, -0.2) is 24.5 Å². The van der Waals surface area contributed by atoms with Gasteiger partial charge in [-0.3, -0.25) is 4.68 Å². The Morgan fingerprint density at radius 3 is 2.86 bits per heavy atom. The van der Waals surface area contributed by atoms with Gasteiger partial charge in [0, 0.05) is 13.6 Å². The van der Waals surface area contributed by atoms with Crippen molar-refractivity contribution < 1.29 is 0 Å². The van der Waals surface area contributed by atoms with Gasteiger partial charge in [-0.25, -0.2) is 0 Å². The molecule has 74 valence electrons. The molecule has 0 aliphatic heterocycles. The lowest BCUT2D eigenvalue weighted by Gasteiger charge is -2.00. The maximum atomic E-state index is 4.18. The van der Waals surface area contributed by atoms with E-state index >= 15 is 0 Å². The zero-order chi connectivity index (χ0) is 10.1. The highest BCUT2D eigenvalue weighted by Gasteiger charge is 2.12. The molecule has 0 radical (unpaired) electrons. The van der Waals surface area contributed by atoms with Crippen LogP contribution in [-0.2, 0) is 13.6 Å². The molecule has 0 atom stereocenters. The summed E-state index contributed by atoms with van der Waals surface area (Å²) in [5.74, 6) is 0.880. The molecule has 0 bridgehead atoms. The molecule has 0 fully saturated rings. The Hall–Kier alpha value is -0.920. The topological polar surface area (TPSA) is 48.5 Å². The van der Waals surface area contributed by atoms with Crippen LogP contribution in [0.25, 0.3) is 11.4 Å². The first-order valence-corrected chi connectivity index (χ1v) is 5.37. The van der Waals surface area contributed by atoms with Crippen molar-refractivity contribution in [2.45, 2.75) is 13.5 Å². The number of rotatable bonds is 2. The van der Waals surface area contributed by atoms with Crippen LogP contribution < -0.4 is 0 Å². The van der Waals surface area contributed by atoms with E-state index in [1.54, 1.807) is 6.33 Å². The van der Waals surface area contributed by atoms with Gasteiger partial charge in [-0.2, -0.15) is 5.10 Å². The van der Waals surface area contributed by atoms with Crippen LogP contribution in [0.4, 0.5) is 0 Å². The van der Waals surface area contributed by atoms with Gasteiger partial charge in [0.1, 0.15) is 10.0 Å². The zero-order valence-corrected chi connectivity index (χ0v) is 10.1. The molecular weight excluding hydrogens is 293 g/mol. The summed E-state index contributed by atoms with van der Waals surface area (Å²) >= 11 is 2.25. The van der Waals surface area contributed by atoms with Gasteiger partial charge in [0.25, 0.3) is 0 Å². The second-order valence-corrected chi connectivity index (χ2v) is 3.94. The van der Waals surface area contributed by atoms with Crippen molar-refractivity contribution in [2.24, 2.45) is 7.05 Å². The fourth-order valence-electron chi connectivity index (χ4n) is 1.27. The summed E-state index contributed by atoms with van der Waals surface area (Å²) in [6.45, 7) is 2.93. The van der Waals surface area contributed by atoms with E-state index in [9.17, 15) is 0 Å². The van der Waals surface area contributed by atoms with Crippen molar-refractivity contribution in [3.8, 4) is 11.4 Å². The Labute approximate surface area is 95.3 Å². The molecule has 0 aliphatic rings. The molecule has 0 unspecified atom stereocenters. The summed E-state index contributed by atoms with van der Waals surface area (Å²) < 4.78 is 4.90. The van der Waals surface area contributed by atoms with E-state index in [-0.39, 0.29) is 0 Å². The number of nitrogens with zero attached hydrogens (tertiary/aromatic N) is 5. The first-order chi connectivity index (χ1) is 6.74. The zero-order valence-electron chi connectivity index (χ0n) is 7.98. The molecule has 0 spiro atoms. The summed E-state index contributed by atoms with van der Waals surface area (Å²) in [7, 11) is 1.91. The van der Waals surface area contributed by atoms with Crippen LogP contribution in [0.15, 0.2) is 12.5 Å². The highest BCUT2D eigenvalue weighted by molar-refractivity contribution is 14.1. The van der Waals surface area contributed by atoms with Crippen LogP contribution in [0, 0.1) is 3.70 Å². The van der Waals surface area contributed by atoms with Crippen molar-refractivity contribution in [3.63, 3.8) is 0 Å². The average molecular weight is 303 g/mol. The second-order valence-electron chi connectivity index (χ2n) is 2.91. The number of hydrogen-bond acceptors (Lipinski definition) is 3. The van der Waals surface area contributed by atoms with Gasteiger partial charge >= 0.3 is 0 Å². The number of halogens is 1. The van der Waals surface area contributed by atoms with Gasteiger partial charge in [-0.1, -0.05) is 0 Å². The fourth-order valence-corrected chi connectivity index (χ4v) is 1.77. The van der Waals surface area contributed by atoms with E-state index in [0.29, 0.717) is 0 Å². The maximum Gasteiger partial charge on any atom is 0.168 e. The molecule has 0 aromatic carbocycles. The highest BCUT2D eigenvalue weighted by Crippen LogP contribution is 2.21. The normalized spacial score (nSPS) is 10.8. The van der Waals surface area contributed by atoms with Crippen LogP contribution >= 0.6 is 22.6 Å². The monoisotopic (exact) mass is 303 g/mol. The van der Waals surface area contributed by atoms with E-state index in [1.807, 2.05) is 22.5 Å². The Morgan fingerprint density at radius 1 is 1.50 bits per heavy atom. The van der Waals surface area contributed by atoms with Gasteiger partial charge in [-0.15, -0.1) is 10.2 Å². The molecule has 2 aromatic heterocycles. The first-order valence-electron chi connectivity index (χ1n) is 4.29. The standard InChI is InChI=1S/C8H10IN5/c1-3-14-5-10-12-8(14)6-4-11-13(2)7(6)9/h4-5H,3H2,1-2H3. The second kappa shape index (κ2) is 3.68. The largest absolute Gasteiger partial charge is 0.314 e. The molecule has 0 saturated heterocycles. The van der Waals surface area contributed by atoms with Gasteiger partial charge in [0.15, 0.2) is 5.82 Å². The van der Waals surface area contributed by atoms with E-state index in [4.69, 9.17) is 0 Å². The van der Waals surface area contributed by atoms with Crippen LogP contribution in [0.1, 0.15) is 6.92 Å². The van der Waals surface area contributed by atoms with E-state index in [0.717, 1.165) is 21.6 Å². The van der Waals surface area contributed by atoms with Crippen LogP contribution in [0.5, 0.6) is 0 Å². The number of hydrogen-bond donors (Lipinski definition) is 0. The summed E-state index contributed by atoms with van der Waals surface area (Å²) in [4.78, 5) is 0. The molecule has 5 nitrogen and oxygen atoms in total. The number of aryl methyl sites for hydroxylation is 2. The van der Waals surface area contributed by atoms with Crippen molar-refractivity contribution >= 4 is 22.6 Å². The van der Waals surface area contributed by atoms with Crippen molar-refractivity contribution in [3.05, 3.63) is 16.2 Å². The summed E-state index contributed by atoms with van der Waals surface area (Å²) in [6.07, 6.45) is 3.55. The highest BCUT2D eigenvalue weighted by atomic mass is 127. The van der Waals surface area contributed by atoms with Crippen LogP contribution in [0.3, 0.4) is 0 Å². The quantitative estimate of drug-likeness (QED) is 0.786. The van der Waals surface area contributed by atoms with E-state index < -0.39 is 0 Å². The molecule has 0 saturated carbocycles. The summed E-state index contributed by atoms with van der Waals surface area (Å²) in [5, 5.41) is 12.2. The average Bonchev–Trinajstić information content (AvgIpc) is 2.75. The molecule has 0 N–H and O–H groups in total. The molecule has 6 heteroatoms. The lowest BCUT2D eigenvalue weighted by atomic mass is 10.3. The molecule has 0 aliphatic carbocycles. The van der Waals surface area contributed by atoms with Gasteiger partial charge in [0.05, 0.1) is 11.8 Å². The Morgan fingerprint density at radius 2 is 2.29 bits per heavy atom.